The molecule has 2 aromatic carbocycles. The van der Waals surface area contributed by atoms with Crippen LogP contribution in [0.5, 0.6) is 0 Å². The highest BCUT2D eigenvalue weighted by molar-refractivity contribution is 5.86. The average molecular weight is 678 g/mol. The highest BCUT2D eigenvalue weighted by atomic mass is 19.1. The topological polar surface area (TPSA) is 86.0 Å². The first-order valence-corrected chi connectivity index (χ1v) is 17.2. The van der Waals surface area contributed by atoms with Crippen LogP contribution >= 0.6 is 0 Å². The van der Waals surface area contributed by atoms with Crippen LogP contribution in [-0.2, 0) is 0 Å². The predicted octanol–water partition coefficient (Wildman–Crippen LogP) is 8.30. The summed E-state index contributed by atoms with van der Waals surface area (Å²) >= 11 is 0. The summed E-state index contributed by atoms with van der Waals surface area (Å²) in [6.07, 6.45) is 6.96. The molecular weight excluding hydrogens is 632 g/mol. The minimum absolute atomic E-state index is 0.0968. The highest BCUT2D eigenvalue weighted by Crippen LogP contribution is 2.42. The third kappa shape index (κ3) is 6.90. The fraction of sp³-hybridized carbons (Fsp3) is 0.333. The van der Waals surface area contributed by atoms with Crippen molar-refractivity contribution in [3.05, 3.63) is 96.8 Å². The number of fused-ring (bicyclic) bond motifs is 6. The fourth-order valence-corrected chi connectivity index (χ4v) is 7.03. The third-order valence-corrected chi connectivity index (χ3v) is 9.43. The summed E-state index contributed by atoms with van der Waals surface area (Å²) < 4.78 is 30.1. The van der Waals surface area contributed by atoms with Crippen LogP contribution < -0.4 is 15.5 Å². The van der Waals surface area contributed by atoms with Gasteiger partial charge in [-0.25, -0.2) is 23.4 Å². The van der Waals surface area contributed by atoms with Crippen LogP contribution in [0.3, 0.4) is 0 Å². The van der Waals surface area contributed by atoms with Crippen molar-refractivity contribution in [2.45, 2.75) is 58.0 Å². The molecule has 2 N–H and O–H groups in total. The van der Waals surface area contributed by atoms with Gasteiger partial charge < -0.3 is 20.4 Å². The second-order valence-electron chi connectivity index (χ2n) is 13.1. The van der Waals surface area contributed by atoms with Crippen molar-refractivity contribution < 1.29 is 8.78 Å². The van der Waals surface area contributed by atoms with Gasteiger partial charge in [-0.3, -0.25) is 4.99 Å². The van der Waals surface area contributed by atoms with E-state index in [1.807, 2.05) is 30.3 Å². The van der Waals surface area contributed by atoms with Crippen LogP contribution in [0.4, 0.5) is 31.8 Å². The van der Waals surface area contributed by atoms with Crippen molar-refractivity contribution in [3.8, 4) is 16.9 Å². The minimum Gasteiger partial charge on any atom is -0.387 e. The number of aliphatic imine (C=N–C) groups is 2. The summed E-state index contributed by atoms with van der Waals surface area (Å²) in [6.45, 7) is 22.1. The summed E-state index contributed by atoms with van der Waals surface area (Å²) in [4.78, 5) is 18.7. The second kappa shape index (κ2) is 14.7. The molecule has 4 bridgehead atoms. The second-order valence-corrected chi connectivity index (χ2v) is 13.1. The van der Waals surface area contributed by atoms with Gasteiger partial charge in [0.15, 0.2) is 11.6 Å². The molecule has 4 heterocycles. The van der Waals surface area contributed by atoms with Crippen LogP contribution in [0, 0.1) is 11.6 Å². The quantitative estimate of drug-likeness (QED) is 0.183. The molecule has 2 unspecified atom stereocenters. The predicted molar refractivity (Wildman–Crippen MR) is 201 cm³/mol. The lowest BCUT2D eigenvalue weighted by Gasteiger charge is -2.31. The fourth-order valence-electron chi connectivity index (χ4n) is 7.03. The molecule has 4 aromatic rings. The number of unbranched alkanes of at least 4 members (excludes halogenated alkanes) is 1. The van der Waals surface area contributed by atoms with E-state index in [0.29, 0.717) is 30.0 Å². The molecule has 2 aliphatic rings. The molecule has 9 nitrogen and oxygen atoms in total. The first-order chi connectivity index (χ1) is 24.2. The van der Waals surface area contributed by atoms with E-state index >= 15 is 0 Å². The van der Waals surface area contributed by atoms with Gasteiger partial charge in [-0.05, 0) is 70.2 Å². The SMILES string of the molecule is C=Nc1cccc2c1N(CCCC)CCCNC(=C)C1CC(C)(CN1C(=C)c1cnn(-c3ccc(F)cc3F)c1N=CC)Nc1cccc-2n1. The van der Waals surface area contributed by atoms with E-state index in [4.69, 9.17) is 4.98 Å². The van der Waals surface area contributed by atoms with Crippen LogP contribution in [0.2, 0.25) is 0 Å². The normalized spacial score (nSPS) is 19.4. The molecule has 0 aliphatic carbocycles. The lowest BCUT2D eigenvalue weighted by atomic mass is 9.97. The zero-order chi connectivity index (χ0) is 35.4. The molecule has 1 saturated heterocycles. The Hall–Kier alpha value is -5.32. The zero-order valence-corrected chi connectivity index (χ0v) is 29.1. The first kappa shape index (κ1) is 34.5. The van der Waals surface area contributed by atoms with Gasteiger partial charge in [0, 0.05) is 55.4 Å². The standard InChI is InChI=1S/C39H45F2N9/c1-7-9-20-48-21-12-19-44-26(3)35-23-39(5,47-36-16-11-14-32(46-36)29-13-10-15-33(42-6)37(29)48)25-49(35)27(4)30-24-45-50(38(30)43-8-2)34-18-17-28(40)22-31(34)41/h8,10-11,13-18,22,24,35,44H,3-4,6-7,9,12,19-21,23,25H2,1-2,5H3,(H,46,47). The van der Waals surface area contributed by atoms with E-state index in [9.17, 15) is 8.78 Å². The van der Waals surface area contributed by atoms with Gasteiger partial charge in [0.1, 0.15) is 17.3 Å². The summed E-state index contributed by atoms with van der Waals surface area (Å²) in [7, 11) is 0. The smallest absolute Gasteiger partial charge is 0.164 e. The number of para-hydroxylation sites is 1. The van der Waals surface area contributed by atoms with Gasteiger partial charge in [0.2, 0.25) is 0 Å². The molecule has 0 amide bonds. The summed E-state index contributed by atoms with van der Waals surface area (Å²) in [5.41, 5.74) is 5.62. The Bertz CT molecular complexity index is 1930. The maximum Gasteiger partial charge on any atom is 0.164 e. The molecular formula is C39H45F2N9. The Labute approximate surface area is 293 Å². The molecule has 2 aliphatic heterocycles. The maximum absolute atomic E-state index is 14.9. The van der Waals surface area contributed by atoms with E-state index in [1.165, 1.54) is 16.8 Å². The number of hydrogen-bond acceptors (Lipinski definition) is 8. The Morgan fingerprint density at radius 3 is 2.74 bits per heavy atom. The molecule has 2 atom stereocenters. The van der Waals surface area contributed by atoms with Crippen LogP contribution in [0.1, 0.15) is 52.0 Å². The van der Waals surface area contributed by atoms with Gasteiger partial charge in [0.25, 0.3) is 0 Å². The molecule has 0 radical (unpaired) electrons. The number of nitrogens with zero attached hydrogens (tertiary/aromatic N) is 7. The molecule has 2 aromatic heterocycles. The van der Waals surface area contributed by atoms with Crippen molar-refractivity contribution in [1.82, 2.24) is 25.0 Å². The highest BCUT2D eigenvalue weighted by Gasteiger charge is 2.43. The van der Waals surface area contributed by atoms with E-state index in [-0.39, 0.29) is 11.7 Å². The number of benzene rings is 2. The van der Waals surface area contributed by atoms with E-state index in [2.05, 4.69) is 75.3 Å². The molecule has 0 spiro atoms. The maximum atomic E-state index is 14.9. The van der Waals surface area contributed by atoms with Gasteiger partial charge in [-0.1, -0.05) is 44.7 Å². The summed E-state index contributed by atoms with van der Waals surface area (Å²) in [5, 5.41) is 11.9. The van der Waals surface area contributed by atoms with Gasteiger partial charge >= 0.3 is 0 Å². The lowest BCUT2D eigenvalue weighted by Crippen LogP contribution is -2.38. The number of rotatable bonds is 8. The average Bonchev–Trinajstić information content (AvgIpc) is 3.68. The zero-order valence-electron chi connectivity index (χ0n) is 29.1. The molecule has 50 heavy (non-hydrogen) atoms. The van der Waals surface area contributed by atoms with Crippen LogP contribution in [0.15, 0.2) is 89.6 Å². The number of anilines is 2. The number of nitrogens with one attached hydrogen (secondary N) is 2. The summed E-state index contributed by atoms with van der Waals surface area (Å²) in [6, 6.07) is 15.5. The van der Waals surface area contributed by atoms with Crippen molar-refractivity contribution in [2.75, 3.05) is 36.4 Å². The number of halogens is 2. The molecule has 11 heteroatoms. The van der Waals surface area contributed by atoms with E-state index < -0.39 is 17.2 Å². The van der Waals surface area contributed by atoms with Crippen LogP contribution in [-0.4, -0.2) is 70.4 Å². The number of aromatic nitrogens is 3. The van der Waals surface area contributed by atoms with Crippen molar-refractivity contribution in [3.63, 3.8) is 0 Å². The van der Waals surface area contributed by atoms with E-state index in [1.54, 1.807) is 19.3 Å². The van der Waals surface area contributed by atoms with Crippen molar-refractivity contribution >= 4 is 41.6 Å². The first-order valence-electron chi connectivity index (χ1n) is 17.2. The third-order valence-electron chi connectivity index (χ3n) is 9.43. The number of pyridine rings is 1. The monoisotopic (exact) mass is 677 g/mol. The van der Waals surface area contributed by atoms with Crippen molar-refractivity contribution in [1.29, 1.82) is 0 Å². The van der Waals surface area contributed by atoms with Gasteiger partial charge in [0.05, 0.1) is 40.4 Å². The number of hydrogen-bond donors (Lipinski definition) is 2. The number of likely N-dealkylation sites (tertiary alicyclic amines) is 1. The van der Waals surface area contributed by atoms with Gasteiger partial charge in [-0.15, -0.1) is 0 Å². The molecule has 6 rings (SSSR count). The Morgan fingerprint density at radius 1 is 1.16 bits per heavy atom. The molecule has 0 saturated carbocycles. The Balaban J connectivity index is 1.38. The van der Waals surface area contributed by atoms with Gasteiger partial charge in [-0.2, -0.15) is 5.10 Å². The Kier molecular flexibility index (Phi) is 10.1. The van der Waals surface area contributed by atoms with E-state index in [0.717, 1.165) is 79.1 Å². The summed E-state index contributed by atoms with van der Waals surface area (Å²) in [5.74, 6) is -0.244. The minimum atomic E-state index is -0.734. The Morgan fingerprint density at radius 2 is 1.98 bits per heavy atom. The largest absolute Gasteiger partial charge is 0.387 e. The lowest BCUT2D eigenvalue weighted by molar-refractivity contribution is 0.389. The molecule has 1 fully saturated rings. The molecule has 260 valence electrons. The van der Waals surface area contributed by atoms with Crippen molar-refractivity contribution in [2.24, 2.45) is 9.98 Å². The van der Waals surface area contributed by atoms with Crippen LogP contribution in [0.25, 0.3) is 22.6 Å².